The Morgan fingerprint density at radius 3 is 2.68 bits per heavy atom. The molecule has 0 N–H and O–H groups in total. The molecule has 2 aromatic carbocycles. The Hall–Kier alpha value is -1.87. The van der Waals surface area contributed by atoms with Gasteiger partial charge in [-0.1, -0.05) is 29.8 Å². The van der Waals surface area contributed by atoms with Crippen LogP contribution in [0.5, 0.6) is 5.75 Å². The van der Waals surface area contributed by atoms with Gasteiger partial charge in [0, 0.05) is 11.4 Å². The zero-order chi connectivity index (χ0) is 13.7. The van der Waals surface area contributed by atoms with E-state index in [1.165, 1.54) is 12.1 Å². The Balaban J connectivity index is 1.88. The normalized spacial score (nSPS) is 10.2. The highest BCUT2D eigenvalue weighted by molar-refractivity contribution is 6.30. The van der Waals surface area contributed by atoms with Crippen LogP contribution in [-0.2, 0) is 11.2 Å². The summed E-state index contributed by atoms with van der Waals surface area (Å²) >= 11 is 5.80. The van der Waals surface area contributed by atoms with Crippen molar-refractivity contribution < 1.29 is 13.9 Å². The van der Waals surface area contributed by atoms with Crippen molar-refractivity contribution in [3.63, 3.8) is 0 Å². The van der Waals surface area contributed by atoms with Crippen LogP contribution in [0.3, 0.4) is 0 Å². The molecular weight excluding hydrogens is 267 g/mol. The first-order valence-electron chi connectivity index (χ1n) is 5.78. The molecule has 0 heterocycles. The van der Waals surface area contributed by atoms with Crippen LogP contribution in [0.1, 0.15) is 5.56 Å². The third-order valence-corrected chi connectivity index (χ3v) is 2.72. The second-order valence-electron chi connectivity index (χ2n) is 4.09. The molecule has 0 aromatic heterocycles. The van der Waals surface area contributed by atoms with Crippen molar-refractivity contribution >= 4 is 17.4 Å². The highest BCUT2D eigenvalue weighted by atomic mass is 35.5. The van der Waals surface area contributed by atoms with E-state index < -0.39 is 0 Å². The molecule has 2 nitrogen and oxygen atoms in total. The number of benzene rings is 2. The van der Waals surface area contributed by atoms with E-state index in [4.69, 9.17) is 16.3 Å². The maximum absolute atomic E-state index is 13.0. The zero-order valence-electron chi connectivity index (χ0n) is 10.1. The van der Waals surface area contributed by atoms with E-state index in [0.29, 0.717) is 16.3 Å². The third-order valence-electron chi connectivity index (χ3n) is 2.49. The summed E-state index contributed by atoms with van der Waals surface area (Å²) in [5.74, 6) is 0.0757. The van der Waals surface area contributed by atoms with Crippen molar-refractivity contribution in [2.45, 2.75) is 6.42 Å². The van der Waals surface area contributed by atoms with Gasteiger partial charge in [0.2, 0.25) is 0 Å². The Morgan fingerprint density at radius 1 is 1.16 bits per heavy atom. The van der Waals surface area contributed by atoms with Gasteiger partial charge >= 0.3 is 0 Å². The molecule has 2 aromatic rings. The first kappa shape index (κ1) is 13.6. The third kappa shape index (κ3) is 4.38. The summed E-state index contributed by atoms with van der Waals surface area (Å²) in [6, 6.07) is 12.8. The average molecular weight is 279 g/mol. The highest BCUT2D eigenvalue weighted by Crippen LogP contribution is 2.17. The number of Topliss-reactive ketones (excluding diaryl/α,β-unsaturated/α-hetero) is 1. The second kappa shape index (κ2) is 6.34. The minimum atomic E-state index is -0.346. The van der Waals surface area contributed by atoms with Crippen molar-refractivity contribution in [1.82, 2.24) is 0 Å². The molecule has 0 saturated heterocycles. The maximum Gasteiger partial charge on any atom is 0.174 e. The smallest absolute Gasteiger partial charge is 0.174 e. The number of carbonyl (C=O) groups is 1. The molecule has 4 heteroatoms. The fourth-order valence-electron chi connectivity index (χ4n) is 1.65. The molecular formula is C15H12ClFO2. The van der Waals surface area contributed by atoms with E-state index in [2.05, 4.69) is 0 Å². The van der Waals surface area contributed by atoms with Gasteiger partial charge in [-0.25, -0.2) is 4.39 Å². The van der Waals surface area contributed by atoms with Gasteiger partial charge in [0.1, 0.15) is 18.2 Å². The highest BCUT2D eigenvalue weighted by Gasteiger charge is 2.06. The van der Waals surface area contributed by atoms with Crippen LogP contribution in [0.25, 0.3) is 0 Å². The second-order valence-corrected chi connectivity index (χ2v) is 4.53. The van der Waals surface area contributed by atoms with Gasteiger partial charge in [-0.2, -0.15) is 0 Å². The number of hydrogen-bond acceptors (Lipinski definition) is 2. The van der Waals surface area contributed by atoms with Crippen molar-refractivity contribution in [2.24, 2.45) is 0 Å². The van der Waals surface area contributed by atoms with Crippen LogP contribution >= 0.6 is 11.6 Å². The van der Waals surface area contributed by atoms with Gasteiger partial charge in [0.25, 0.3) is 0 Å². The number of carbonyl (C=O) groups excluding carboxylic acids is 1. The molecule has 0 atom stereocenters. The van der Waals surface area contributed by atoms with E-state index >= 15 is 0 Å². The lowest BCUT2D eigenvalue weighted by atomic mass is 10.1. The van der Waals surface area contributed by atoms with Crippen molar-refractivity contribution in [3.05, 3.63) is 64.9 Å². The van der Waals surface area contributed by atoms with Crippen LogP contribution in [0.15, 0.2) is 48.5 Å². The van der Waals surface area contributed by atoms with E-state index in [-0.39, 0.29) is 24.6 Å². The quantitative estimate of drug-likeness (QED) is 0.834. The summed E-state index contributed by atoms with van der Waals surface area (Å²) in [7, 11) is 0. The number of ketones is 1. The first-order chi connectivity index (χ1) is 9.13. The molecule has 2 rings (SSSR count). The van der Waals surface area contributed by atoms with E-state index in [1.54, 1.807) is 36.4 Å². The van der Waals surface area contributed by atoms with Crippen LogP contribution in [0.4, 0.5) is 4.39 Å². The minimum Gasteiger partial charge on any atom is -0.486 e. The SMILES string of the molecule is O=C(COc1cccc(Cl)c1)Cc1cccc(F)c1. The number of ether oxygens (including phenoxy) is 1. The van der Waals surface area contributed by atoms with Gasteiger partial charge in [-0.05, 0) is 35.9 Å². The lowest BCUT2D eigenvalue weighted by Crippen LogP contribution is -2.13. The summed E-state index contributed by atoms with van der Waals surface area (Å²) < 4.78 is 18.3. The van der Waals surface area contributed by atoms with Crippen molar-refractivity contribution in [3.8, 4) is 5.75 Å². The van der Waals surface area contributed by atoms with Crippen LogP contribution in [0.2, 0.25) is 5.02 Å². The van der Waals surface area contributed by atoms with E-state index in [9.17, 15) is 9.18 Å². The fraction of sp³-hybridized carbons (Fsp3) is 0.133. The van der Waals surface area contributed by atoms with Gasteiger partial charge in [0.05, 0.1) is 0 Å². The molecule has 0 unspecified atom stereocenters. The lowest BCUT2D eigenvalue weighted by Gasteiger charge is -2.06. The molecule has 0 aliphatic rings. The minimum absolute atomic E-state index is 0.0587. The zero-order valence-corrected chi connectivity index (χ0v) is 10.9. The summed E-state index contributed by atoms with van der Waals surface area (Å²) in [5.41, 5.74) is 0.639. The molecule has 0 aliphatic carbocycles. The fourth-order valence-corrected chi connectivity index (χ4v) is 1.83. The summed E-state index contributed by atoms with van der Waals surface area (Å²) in [6.07, 6.45) is 0.151. The summed E-state index contributed by atoms with van der Waals surface area (Å²) in [5, 5.41) is 0.551. The number of hydrogen-bond donors (Lipinski definition) is 0. The average Bonchev–Trinajstić information content (AvgIpc) is 2.36. The Bertz CT molecular complexity index is 584. The molecule has 0 amide bonds. The first-order valence-corrected chi connectivity index (χ1v) is 6.16. The maximum atomic E-state index is 13.0. The number of halogens is 2. The standard InChI is InChI=1S/C15H12ClFO2/c16-12-4-2-6-15(9-12)19-10-14(18)8-11-3-1-5-13(17)7-11/h1-7,9H,8,10H2. The van der Waals surface area contributed by atoms with Gasteiger partial charge < -0.3 is 4.74 Å². The molecule has 0 saturated carbocycles. The van der Waals surface area contributed by atoms with Crippen molar-refractivity contribution in [1.29, 1.82) is 0 Å². The Labute approximate surface area is 115 Å². The molecule has 0 radical (unpaired) electrons. The van der Waals surface area contributed by atoms with E-state index in [1.807, 2.05) is 0 Å². The molecule has 0 fully saturated rings. The molecule has 0 spiro atoms. The Kier molecular flexibility index (Phi) is 4.53. The van der Waals surface area contributed by atoms with Crippen molar-refractivity contribution in [2.75, 3.05) is 6.61 Å². The topological polar surface area (TPSA) is 26.3 Å². The largest absolute Gasteiger partial charge is 0.486 e. The predicted molar refractivity (Wildman–Crippen MR) is 72.1 cm³/mol. The van der Waals surface area contributed by atoms with Gasteiger partial charge in [-0.15, -0.1) is 0 Å². The van der Waals surface area contributed by atoms with Crippen LogP contribution in [0, 0.1) is 5.82 Å². The molecule has 98 valence electrons. The Morgan fingerprint density at radius 2 is 1.95 bits per heavy atom. The van der Waals surface area contributed by atoms with Crippen LogP contribution in [-0.4, -0.2) is 12.4 Å². The predicted octanol–water partition coefficient (Wildman–Crippen LogP) is 3.67. The summed E-state index contributed by atoms with van der Waals surface area (Å²) in [4.78, 5) is 11.7. The van der Waals surface area contributed by atoms with E-state index in [0.717, 1.165) is 0 Å². The monoisotopic (exact) mass is 278 g/mol. The van der Waals surface area contributed by atoms with Gasteiger partial charge in [0.15, 0.2) is 5.78 Å². The molecule has 19 heavy (non-hydrogen) atoms. The molecule has 0 aliphatic heterocycles. The molecule has 0 bridgehead atoms. The van der Waals surface area contributed by atoms with Crippen LogP contribution < -0.4 is 4.74 Å². The van der Waals surface area contributed by atoms with Gasteiger partial charge in [-0.3, -0.25) is 4.79 Å². The summed E-state index contributed by atoms with van der Waals surface area (Å²) in [6.45, 7) is -0.0587. The number of rotatable bonds is 5. The lowest BCUT2D eigenvalue weighted by molar-refractivity contribution is -0.120.